The van der Waals surface area contributed by atoms with Gasteiger partial charge in [-0.05, 0) is 50.9 Å². The zero-order chi connectivity index (χ0) is 13.0. The summed E-state index contributed by atoms with van der Waals surface area (Å²) in [4.78, 5) is 2.40. The Hall–Kier alpha value is -0.860. The van der Waals surface area contributed by atoms with Crippen molar-refractivity contribution >= 4 is 0 Å². The monoisotopic (exact) mass is 234 g/mol. The lowest BCUT2D eigenvalue weighted by Crippen LogP contribution is -2.37. The van der Waals surface area contributed by atoms with Gasteiger partial charge in [0.05, 0.1) is 0 Å². The van der Waals surface area contributed by atoms with Crippen LogP contribution in [-0.2, 0) is 0 Å². The van der Waals surface area contributed by atoms with E-state index < -0.39 is 0 Å². The van der Waals surface area contributed by atoms with Gasteiger partial charge in [-0.15, -0.1) is 0 Å². The highest BCUT2D eigenvalue weighted by Crippen LogP contribution is 2.17. The molecule has 2 nitrogen and oxygen atoms in total. The largest absolute Gasteiger partial charge is 0.323 e. The van der Waals surface area contributed by atoms with Crippen molar-refractivity contribution in [2.75, 3.05) is 13.1 Å². The van der Waals surface area contributed by atoms with Crippen molar-refractivity contribution < 1.29 is 0 Å². The Balaban J connectivity index is 2.75. The average molecular weight is 234 g/mol. The van der Waals surface area contributed by atoms with Gasteiger partial charge in [0.1, 0.15) is 0 Å². The molecule has 0 fully saturated rings. The normalized spacial score (nSPS) is 13.4. The predicted molar refractivity (Wildman–Crippen MR) is 75.2 cm³/mol. The first-order valence-corrected chi connectivity index (χ1v) is 6.52. The second-order valence-electron chi connectivity index (χ2n) is 5.13. The van der Waals surface area contributed by atoms with Gasteiger partial charge in [-0.2, -0.15) is 0 Å². The SMILES string of the molecule is CCN(CC(N)c1ccc(C)c(C)c1)C(C)C. The molecule has 1 atom stereocenters. The maximum atomic E-state index is 6.29. The van der Waals surface area contributed by atoms with E-state index in [0.29, 0.717) is 6.04 Å². The molecule has 0 aliphatic heterocycles. The summed E-state index contributed by atoms with van der Waals surface area (Å²) in [6, 6.07) is 7.19. The van der Waals surface area contributed by atoms with E-state index in [1.54, 1.807) is 0 Å². The van der Waals surface area contributed by atoms with E-state index in [4.69, 9.17) is 5.73 Å². The predicted octanol–water partition coefficient (Wildman–Crippen LogP) is 3.03. The summed E-state index contributed by atoms with van der Waals surface area (Å²) in [5.41, 5.74) is 10.2. The van der Waals surface area contributed by atoms with Gasteiger partial charge in [-0.25, -0.2) is 0 Å². The van der Waals surface area contributed by atoms with Crippen molar-refractivity contribution in [2.45, 2.75) is 46.7 Å². The number of likely N-dealkylation sites (N-methyl/N-ethyl adjacent to an activating group) is 1. The van der Waals surface area contributed by atoms with Crippen LogP contribution in [0, 0.1) is 13.8 Å². The van der Waals surface area contributed by atoms with Crippen LogP contribution in [0.3, 0.4) is 0 Å². The lowest BCUT2D eigenvalue weighted by Gasteiger charge is -2.28. The molecule has 0 amide bonds. The quantitative estimate of drug-likeness (QED) is 0.848. The minimum Gasteiger partial charge on any atom is -0.323 e. The summed E-state index contributed by atoms with van der Waals surface area (Å²) in [6.45, 7) is 12.9. The van der Waals surface area contributed by atoms with E-state index in [-0.39, 0.29) is 6.04 Å². The highest BCUT2D eigenvalue weighted by atomic mass is 15.1. The molecular weight excluding hydrogens is 208 g/mol. The van der Waals surface area contributed by atoms with Crippen LogP contribution in [-0.4, -0.2) is 24.0 Å². The molecule has 0 bridgehead atoms. The topological polar surface area (TPSA) is 29.3 Å². The minimum absolute atomic E-state index is 0.108. The molecule has 2 N–H and O–H groups in total. The average Bonchev–Trinajstić information content (AvgIpc) is 2.28. The highest BCUT2D eigenvalue weighted by Gasteiger charge is 2.13. The first kappa shape index (κ1) is 14.2. The summed E-state index contributed by atoms with van der Waals surface area (Å²) in [7, 11) is 0. The lowest BCUT2D eigenvalue weighted by molar-refractivity contribution is 0.220. The third kappa shape index (κ3) is 3.83. The molecular formula is C15H26N2. The number of aryl methyl sites for hydroxylation is 2. The number of nitrogens with two attached hydrogens (primary N) is 1. The Morgan fingerprint density at radius 3 is 2.29 bits per heavy atom. The van der Waals surface area contributed by atoms with E-state index in [2.05, 4.69) is 57.7 Å². The Bertz CT molecular complexity index is 358. The van der Waals surface area contributed by atoms with E-state index >= 15 is 0 Å². The van der Waals surface area contributed by atoms with Crippen LogP contribution < -0.4 is 5.73 Å². The summed E-state index contributed by atoms with van der Waals surface area (Å²) < 4.78 is 0. The Kier molecular flexibility index (Phi) is 5.16. The van der Waals surface area contributed by atoms with Crippen molar-refractivity contribution in [2.24, 2.45) is 5.73 Å². The fourth-order valence-electron chi connectivity index (χ4n) is 2.06. The van der Waals surface area contributed by atoms with Crippen molar-refractivity contribution in [3.63, 3.8) is 0 Å². The van der Waals surface area contributed by atoms with E-state index in [1.807, 2.05) is 0 Å². The van der Waals surface area contributed by atoms with Crippen molar-refractivity contribution in [1.29, 1.82) is 0 Å². The molecule has 0 spiro atoms. The maximum absolute atomic E-state index is 6.29. The summed E-state index contributed by atoms with van der Waals surface area (Å²) in [5, 5.41) is 0. The van der Waals surface area contributed by atoms with Gasteiger partial charge in [0.25, 0.3) is 0 Å². The third-order valence-corrected chi connectivity index (χ3v) is 3.53. The van der Waals surface area contributed by atoms with E-state index in [1.165, 1.54) is 16.7 Å². The van der Waals surface area contributed by atoms with Crippen LogP contribution in [0.1, 0.15) is 43.5 Å². The summed E-state index contributed by atoms with van der Waals surface area (Å²) >= 11 is 0. The Labute approximate surface area is 106 Å². The zero-order valence-corrected chi connectivity index (χ0v) is 11.8. The molecule has 96 valence electrons. The van der Waals surface area contributed by atoms with Crippen LogP contribution >= 0.6 is 0 Å². The Morgan fingerprint density at radius 1 is 1.18 bits per heavy atom. The van der Waals surface area contributed by atoms with Gasteiger partial charge < -0.3 is 5.73 Å². The molecule has 1 aromatic carbocycles. The van der Waals surface area contributed by atoms with Gasteiger partial charge in [0, 0.05) is 18.6 Å². The van der Waals surface area contributed by atoms with Gasteiger partial charge >= 0.3 is 0 Å². The maximum Gasteiger partial charge on any atom is 0.0424 e. The summed E-state index contributed by atoms with van der Waals surface area (Å²) in [6.07, 6.45) is 0. The van der Waals surface area contributed by atoms with Crippen LogP contribution in [0.5, 0.6) is 0 Å². The number of benzene rings is 1. The van der Waals surface area contributed by atoms with E-state index in [9.17, 15) is 0 Å². The molecule has 0 heterocycles. The van der Waals surface area contributed by atoms with Crippen LogP contribution in [0.2, 0.25) is 0 Å². The fourth-order valence-corrected chi connectivity index (χ4v) is 2.06. The molecule has 0 aliphatic carbocycles. The van der Waals surface area contributed by atoms with Gasteiger partial charge in [0.15, 0.2) is 0 Å². The summed E-state index contributed by atoms with van der Waals surface area (Å²) in [5.74, 6) is 0. The fraction of sp³-hybridized carbons (Fsp3) is 0.600. The van der Waals surface area contributed by atoms with Crippen molar-refractivity contribution in [3.8, 4) is 0 Å². The number of hydrogen-bond acceptors (Lipinski definition) is 2. The molecule has 2 heteroatoms. The molecule has 1 unspecified atom stereocenters. The highest BCUT2D eigenvalue weighted by molar-refractivity contribution is 5.31. The van der Waals surface area contributed by atoms with Crippen molar-refractivity contribution in [1.82, 2.24) is 4.90 Å². The van der Waals surface area contributed by atoms with Crippen molar-refractivity contribution in [3.05, 3.63) is 34.9 Å². The van der Waals surface area contributed by atoms with Crippen LogP contribution in [0.25, 0.3) is 0 Å². The van der Waals surface area contributed by atoms with Crippen LogP contribution in [0.15, 0.2) is 18.2 Å². The first-order valence-electron chi connectivity index (χ1n) is 6.52. The molecule has 0 radical (unpaired) electrons. The molecule has 17 heavy (non-hydrogen) atoms. The van der Waals surface area contributed by atoms with Gasteiger partial charge in [0.2, 0.25) is 0 Å². The molecule has 0 aromatic heterocycles. The molecule has 1 rings (SSSR count). The minimum atomic E-state index is 0.108. The third-order valence-electron chi connectivity index (χ3n) is 3.53. The molecule has 0 aliphatic rings. The van der Waals surface area contributed by atoms with Gasteiger partial charge in [-0.1, -0.05) is 25.1 Å². The first-order chi connectivity index (χ1) is 7.95. The smallest absolute Gasteiger partial charge is 0.0424 e. The van der Waals surface area contributed by atoms with E-state index in [0.717, 1.165) is 13.1 Å². The number of rotatable bonds is 5. The molecule has 1 aromatic rings. The zero-order valence-electron chi connectivity index (χ0n) is 11.8. The molecule has 0 saturated carbocycles. The standard InChI is InChI=1S/C15H26N2/c1-6-17(11(2)3)10-15(16)14-8-7-12(4)13(5)9-14/h7-9,11,15H,6,10,16H2,1-5H3. The number of nitrogens with zero attached hydrogens (tertiary/aromatic N) is 1. The molecule has 0 saturated heterocycles. The van der Waals surface area contributed by atoms with Crippen LogP contribution in [0.4, 0.5) is 0 Å². The second kappa shape index (κ2) is 6.18. The lowest BCUT2D eigenvalue weighted by atomic mass is 10.0. The van der Waals surface area contributed by atoms with Gasteiger partial charge in [-0.3, -0.25) is 4.90 Å². The second-order valence-corrected chi connectivity index (χ2v) is 5.13. The number of hydrogen-bond donors (Lipinski definition) is 1. The Morgan fingerprint density at radius 2 is 1.82 bits per heavy atom.